The number of methoxy groups -OCH3 is 2. The highest BCUT2D eigenvalue weighted by Crippen LogP contribution is 2.34. The first-order chi connectivity index (χ1) is 13.4. The third-order valence-electron chi connectivity index (χ3n) is 4.80. The molecular formula is C22H34N2O5. The molecule has 1 aliphatic heterocycles. The fourth-order valence-electron chi connectivity index (χ4n) is 3.33. The molecule has 0 unspecified atom stereocenters. The summed E-state index contributed by atoms with van der Waals surface area (Å²) in [6, 6.07) is 3.19. The van der Waals surface area contributed by atoms with Gasteiger partial charge in [-0.2, -0.15) is 0 Å². The molecule has 1 heterocycles. The van der Waals surface area contributed by atoms with E-state index in [-0.39, 0.29) is 5.91 Å². The monoisotopic (exact) mass is 406 g/mol. The van der Waals surface area contributed by atoms with Crippen molar-refractivity contribution in [1.82, 2.24) is 10.2 Å². The van der Waals surface area contributed by atoms with Crippen LogP contribution < -0.4 is 14.8 Å². The molecule has 0 saturated heterocycles. The third-order valence-corrected chi connectivity index (χ3v) is 4.80. The van der Waals surface area contributed by atoms with E-state index in [1.54, 1.807) is 39.9 Å². The molecule has 0 saturated carbocycles. The van der Waals surface area contributed by atoms with Gasteiger partial charge in [0.05, 0.1) is 14.2 Å². The van der Waals surface area contributed by atoms with Crippen molar-refractivity contribution >= 4 is 12.0 Å². The van der Waals surface area contributed by atoms with Gasteiger partial charge in [0.1, 0.15) is 11.6 Å². The Kier molecular flexibility index (Phi) is 6.71. The molecule has 7 nitrogen and oxygen atoms in total. The molecular weight excluding hydrogens is 372 g/mol. The zero-order valence-corrected chi connectivity index (χ0v) is 18.8. The highest BCUT2D eigenvalue weighted by atomic mass is 16.6. The number of carbonyl (C=O) groups excluding carboxylic acids is 2. The van der Waals surface area contributed by atoms with Crippen LogP contribution in [0.1, 0.15) is 52.7 Å². The SMILES string of the molecule is COc1cc2c(cc1OC)CN(C(=O)[C@@H](NC(=O)OC(C)(C)C)C(C)(C)C)CC2. The second-order valence-corrected chi connectivity index (χ2v) is 9.43. The Morgan fingerprint density at radius 3 is 2.03 bits per heavy atom. The fraction of sp³-hybridized carbons (Fsp3) is 0.636. The molecule has 0 spiro atoms. The summed E-state index contributed by atoms with van der Waals surface area (Å²) in [5.74, 6) is 1.20. The molecule has 2 amide bonds. The maximum absolute atomic E-state index is 13.3. The topological polar surface area (TPSA) is 77.1 Å². The minimum absolute atomic E-state index is 0.121. The second-order valence-electron chi connectivity index (χ2n) is 9.43. The van der Waals surface area contributed by atoms with Gasteiger partial charge in [-0.15, -0.1) is 0 Å². The van der Waals surface area contributed by atoms with Crippen molar-refractivity contribution < 1.29 is 23.8 Å². The number of ether oxygens (including phenoxy) is 3. The zero-order chi connectivity index (χ0) is 22.0. The number of fused-ring (bicyclic) bond motifs is 1. The van der Waals surface area contributed by atoms with E-state index >= 15 is 0 Å². The van der Waals surface area contributed by atoms with Crippen LogP contribution in [0, 0.1) is 5.41 Å². The number of hydrogen-bond donors (Lipinski definition) is 1. The van der Waals surface area contributed by atoms with E-state index in [0.717, 1.165) is 11.1 Å². The van der Waals surface area contributed by atoms with E-state index in [2.05, 4.69) is 5.32 Å². The summed E-state index contributed by atoms with van der Waals surface area (Å²) < 4.78 is 16.1. The van der Waals surface area contributed by atoms with Crippen molar-refractivity contribution in [2.75, 3.05) is 20.8 Å². The molecule has 0 radical (unpaired) electrons. The highest BCUT2D eigenvalue weighted by molar-refractivity contribution is 5.86. The zero-order valence-electron chi connectivity index (χ0n) is 18.8. The molecule has 1 atom stereocenters. The van der Waals surface area contributed by atoms with Crippen LogP contribution in [0.2, 0.25) is 0 Å². The van der Waals surface area contributed by atoms with Gasteiger partial charge in [-0.1, -0.05) is 20.8 Å². The summed E-state index contributed by atoms with van der Waals surface area (Å²) in [6.45, 7) is 12.2. The molecule has 1 aliphatic rings. The van der Waals surface area contributed by atoms with E-state index in [1.807, 2.05) is 32.9 Å². The lowest BCUT2D eigenvalue weighted by atomic mass is 9.85. The van der Waals surface area contributed by atoms with Gasteiger partial charge in [-0.05, 0) is 55.9 Å². The second kappa shape index (κ2) is 8.51. The minimum Gasteiger partial charge on any atom is -0.493 e. The van der Waals surface area contributed by atoms with E-state index in [1.165, 1.54) is 0 Å². The highest BCUT2D eigenvalue weighted by Gasteiger charge is 2.37. The average molecular weight is 407 g/mol. The summed E-state index contributed by atoms with van der Waals surface area (Å²) in [6.07, 6.45) is 0.125. The van der Waals surface area contributed by atoms with E-state index < -0.39 is 23.2 Å². The van der Waals surface area contributed by atoms with Gasteiger partial charge in [0, 0.05) is 13.1 Å². The molecule has 1 N–H and O–H groups in total. The van der Waals surface area contributed by atoms with Crippen molar-refractivity contribution in [3.63, 3.8) is 0 Å². The Hall–Kier alpha value is -2.44. The van der Waals surface area contributed by atoms with Gasteiger partial charge in [0.25, 0.3) is 0 Å². The van der Waals surface area contributed by atoms with Gasteiger partial charge in [0.15, 0.2) is 11.5 Å². The molecule has 0 fully saturated rings. The Balaban J connectivity index is 2.21. The summed E-state index contributed by atoms with van der Waals surface area (Å²) in [7, 11) is 3.20. The number of amides is 2. The Morgan fingerprint density at radius 1 is 1.00 bits per heavy atom. The quantitative estimate of drug-likeness (QED) is 0.828. The van der Waals surface area contributed by atoms with Crippen LogP contribution in [-0.4, -0.2) is 49.3 Å². The molecule has 0 aromatic heterocycles. The molecule has 1 aromatic rings. The maximum atomic E-state index is 13.3. The smallest absolute Gasteiger partial charge is 0.408 e. The number of benzene rings is 1. The largest absolute Gasteiger partial charge is 0.493 e. The maximum Gasteiger partial charge on any atom is 0.408 e. The van der Waals surface area contributed by atoms with Crippen LogP contribution >= 0.6 is 0 Å². The Bertz CT molecular complexity index is 762. The lowest BCUT2D eigenvalue weighted by Crippen LogP contribution is -2.56. The molecule has 2 rings (SSSR count). The summed E-state index contributed by atoms with van der Waals surface area (Å²) in [5, 5.41) is 2.78. The number of alkyl carbamates (subject to hydrolysis) is 1. The van der Waals surface area contributed by atoms with Crippen LogP contribution in [0.3, 0.4) is 0 Å². The van der Waals surface area contributed by atoms with Crippen LogP contribution in [0.4, 0.5) is 4.79 Å². The van der Waals surface area contributed by atoms with Crippen molar-refractivity contribution in [2.24, 2.45) is 5.41 Å². The van der Waals surface area contributed by atoms with Crippen molar-refractivity contribution in [1.29, 1.82) is 0 Å². The lowest BCUT2D eigenvalue weighted by Gasteiger charge is -2.37. The van der Waals surface area contributed by atoms with Crippen LogP contribution in [0.15, 0.2) is 12.1 Å². The molecule has 0 bridgehead atoms. The first kappa shape index (κ1) is 22.8. The van der Waals surface area contributed by atoms with E-state index in [4.69, 9.17) is 14.2 Å². The van der Waals surface area contributed by atoms with Gasteiger partial charge in [-0.25, -0.2) is 4.79 Å². The number of carbonyl (C=O) groups is 2. The summed E-state index contributed by atoms with van der Waals surface area (Å²) in [5.41, 5.74) is 1.06. The molecule has 0 aliphatic carbocycles. The molecule has 162 valence electrons. The van der Waals surface area contributed by atoms with Crippen LogP contribution in [0.5, 0.6) is 11.5 Å². The Labute approximate surface area is 173 Å². The van der Waals surface area contributed by atoms with Gasteiger partial charge in [-0.3, -0.25) is 4.79 Å². The minimum atomic E-state index is -0.695. The lowest BCUT2D eigenvalue weighted by molar-refractivity contribution is -0.137. The third kappa shape index (κ3) is 5.78. The predicted molar refractivity (Wildman–Crippen MR) is 111 cm³/mol. The average Bonchev–Trinajstić information content (AvgIpc) is 2.61. The number of rotatable bonds is 4. The summed E-state index contributed by atoms with van der Waals surface area (Å²) >= 11 is 0. The van der Waals surface area contributed by atoms with Gasteiger partial charge in [0.2, 0.25) is 5.91 Å². The molecule has 7 heteroatoms. The normalized spacial score (nSPS) is 15.2. The first-order valence-corrected chi connectivity index (χ1v) is 9.88. The molecule has 1 aromatic carbocycles. The van der Waals surface area contributed by atoms with E-state index in [0.29, 0.717) is 31.0 Å². The fourth-order valence-corrected chi connectivity index (χ4v) is 3.33. The standard InChI is InChI=1S/C22H34N2O5/c1-21(2,3)18(23-20(26)29-22(4,5)6)19(25)24-10-9-14-11-16(27-7)17(28-8)12-15(14)13-24/h11-12,18H,9-10,13H2,1-8H3,(H,23,26)/t18-/m1/s1. The first-order valence-electron chi connectivity index (χ1n) is 9.88. The van der Waals surface area contributed by atoms with Crippen molar-refractivity contribution in [3.05, 3.63) is 23.3 Å². The van der Waals surface area contributed by atoms with Crippen LogP contribution in [0.25, 0.3) is 0 Å². The van der Waals surface area contributed by atoms with Crippen molar-refractivity contribution in [2.45, 2.75) is 66.2 Å². The summed E-state index contributed by atoms with van der Waals surface area (Å²) in [4.78, 5) is 27.4. The molecule has 29 heavy (non-hydrogen) atoms. The Morgan fingerprint density at radius 2 is 1.55 bits per heavy atom. The number of hydrogen-bond acceptors (Lipinski definition) is 5. The van der Waals surface area contributed by atoms with Gasteiger partial charge < -0.3 is 24.4 Å². The van der Waals surface area contributed by atoms with Crippen molar-refractivity contribution in [3.8, 4) is 11.5 Å². The number of nitrogens with zero attached hydrogens (tertiary/aromatic N) is 1. The number of nitrogens with one attached hydrogen (secondary N) is 1. The van der Waals surface area contributed by atoms with Crippen LogP contribution in [-0.2, 0) is 22.5 Å². The predicted octanol–water partition coefficient (Wildman–Crippen LogP) is 3.53. The van der Waals surface area contributed by atoms with Gasteiger partial charge >= 0.3 is 6.09 Å². The van der Waals surface area contributed by atoms with E-state index in [9.17, 15) is 9.59 Å².